The van der Waals surface area contributed by atoms with E-state index in [1.807, 2.05) is 0 Å². The molecule has 0 aliphatic carbocycles. The predicted octanol–water partition coefficient (Wildman–Crippen LogP) is 6.79. The third-order valence-corrected chi connectivity index (χ3v) is 4.89. The molecule has 0 bridgehead atoms. The molecule has 0 fully saturated rings. The van der Waals surface area contributed by atoms with E-state index < -0.39 is 0 Å². The fraction of sp³-hybridized carbons (Fsp3) is 0.0833. The smallest absolute Gasteiger partial charge is 0.00267 e. The molecule has 0 saturated heterocycles. The molecule has 0 spiro atoms. The van der Waals surface area contributed by atoms with Gasteiger partial charge in [0.2, 0.25) is 0 Å². The van der Waals surface area contributed by atoms with Crippen LogP contribution < -0.4 is 0 Å². The van der Waals surface area contributed by atoms with Gasteiger partial charge in [-0.3, -0.25) is 0 Å². The number of hydrogen-bond acceptors (Lipinski definition) is 0. The van der Waals surface area contributed by atoms with Crippen LogP contribution in [0.4, 0.5) is 0 Å². The monoisotopic (exact) mass is 308 g/mol. The largest absolute Gasteiger partial charge is 0.0622 e. The molecule has 4 aromatic rings. The third-order valence-electron chi connectivity index (χ3n) is 4.89. The summed E-state index contributed by atoms with van der Waals surface area (Å²) in [7, 11) is 0. The van der Waals surface area contributed by atoms with Crippen molar-refractivity contribution < 1.29 is 0 Å². The highest BCUT2D eigenvalue weighted by Gasteiger charge is 2.13. The Morgan fingerprint density at radius 3 is 2.12 bits per heavy atom. The van der Waals surface area contributed by atoms with Crippen molar-refractivity contribution in [3.05, 3.63) is 96.1 Å². The van der Waals surface area contributed by atoms with E-state index in [1.54, 1.807) is 0 Å². The van der Waals surface area contributed by atoms with Crippen LogP contribution in [0.25, 0.3) is 33.0 Å². The average molecular weight is 308 g/mol. The van der Waals surface area contributed by atoms with Gasteiger partial charge in [-0.2, -0.15) is 0 Å². The van der Waals surface area contributed by atoms with Crippen molar-refractivity contribution in [3.63, 3.8) is 0 Å². The van der Waals surface area contributed by atoms with Crippen LogP contribution >= 0.6 is 0 Å². The maximum absolute atomic E-state index is 2.27. The fourth-order valence-corrected chi connectivity index (χ4v) is 3.45. The van der Waals surface area contributed by atoms with Gasteiger partial charge in [0.25, 0.3) is 0 Å². The number of benzene rings is 4. The SMILES string of the molecule is Cc1cccc(-c2ccc3ccccc3c2-c2ccccc2)c1C. The second kappa shape index (κ2) is 5.98. The van der Waals surface area contributed by atoms with Crippen molar-refractivity contribution in [2.24, 2.45) is 0 Å². The van der Waals surface area contributed by atoms with Crippen LogP contribution in [0.3, 0.4) is 0 Å². The molecule has 0 amide bonds. The topological polar surface area (TPSA) is 0 Å². The molecular formula is C24H20. The minimum absolute atomic E-state index is 1.27. The minimum atomic E-state index is 1.27. The van der Waals surface area contributed by atoms with E-state index in [1.165, 1.54) is 44.2 Å². The lowest BCUT2D eigenvalue weighted by Gasteiger charge is -2.16. The van der Waals surface area contributed by atoms with Crippen LogP contribution in [-0.4, -0.2) is 0 Å². The zero-order valence-corrected chi connectivity index (χ0v) is 14.1. The molecule has 0 aliphatic heterocycles. The molecule has 116 valence electrons. The van der Waals surface area contributed by atoms with Gasteiger partial charge in [0.15, 0.2) is 0 Å². The molecule has 0 N–H and O–H groups in total. The summed E-state index contributed by atoms with van der Waals surface area (Å²) in [5.41, 5.74) is 7.90. The summed E-state index contributed by atoms with van der Waals surface area (Å²) >= 11 is 0. The maximum Gasteiger partial charge on any atom is -0.00267 e. The summed E-state index contributed by atoms with van der Waals surface area (Å²) in [6.07, 6.45) is 0. The van der Waals surface area contributed by atoms with E-state index >= 15 is 0 Å². The molecule has 24 heavy (non-hydrogen) atoms. The van der Waals surface area contributed by atoms with Gasteiger partial charge in [0.1, 0.15) is 0 Å². The minimum Gasteiger partial charge on any atom is -0.0622 e. The lowest BCUT2D eigenvalue weighted by molar-refractivity contribution is 1.34. The fourth-order valence-electron chi connectivity index (χ4n) is 3.45. The van der Waals surface area contributed by atoms with Crippen molar-refractivity contribution in [3.8, 4) is 22.3 Å². The predicted molar refractivity (Wildman–Crippen MR) is 104 cm³/mol. The highest BCUT2D eigenvalue weighted by Crippen LogP contribution is 2.39. The Morgan fingerprint density at radius 2 is 1.29 bits per heavy atom. The van der Waals surface area contributed by atoms with Gasteiger partial charge in [-0.05, 0) is 58.0 Å². The summed E-state index contributed by atoms with van der Waals surface area (Å²) in [5.74, 6) is 0. The highest BCUT2D eigenvalue weighted by atomic mass is 14.2. The Kier molecular flexibility index (Phi) is 3.66. The van der Waals surface area contributed by atoms with E-state index in [0.29, 0.717) is 0 Å². The van der Waals surface area contributed by atoms with Crippen LogP contribution in [0, 0.1) is 13.8 Å². The Balaban J connectivity index is 2.11. The summed E-state index contributed by atoms with van der Waals surface area (Å²) in [5, 5.41) is 2.59. The number of hydrogen-bond donors (Lipinski definition) is 0. The Bertz CT molecular complexity index is 1010. The van der Waals surface area contributed by atoms with E-state index in [4.69, 9.17) is 0 Å². The van der Waals surface area contributed by atoms with Crippen LogP contribution in [0.1, 0.15) is 11.1 Å². The molecule has 0 nitrogen and oxygen atoms in total. The van der Waals surface area contributed by atoms with Crippen molar-refractivity contribution in [1.29, 1.82) is 0 Å². The van der Waals surface area contributed by atoms with E-state index in [2.05, 4.69) is 98.8 Å². The van der Waals surface area contributed by atoms with Gasteiger partial charge in [0.05, 0.1) is 0 Å². The molecule has 0 heteroatoms. The van der Waals surface area contributed by atoms with Crippen molar-refractivity contribution in [1.82, 2.24) is 0 Å². The van der Waals surface area contributed by atoms with E-state index in [0.717, 1.165) is 0 Å². The maximum atomic E-state index is 2.27. The lowest BCUT2D eigenvalue weighted by Crippen LogP contribution is -1.92. The zero-order chi connectivity index (χ0) is 16.5. The second-order valence-corrected chi connectivity index (χ2v) is 6.32. The first-order chi connectivity index (χ1) is 11.8. The van der Waals surface area contributed by atoms with Gasteiger partial charge in [-0.25, -0.2) is 0 Å². The molecule has 0 radical (unpaired) electrons. The van der Waals surface area contributed by atoms with Gasteiger partial charge in [0, 0.05) is 0 Å². The van der Waals surface area contributed by atoms with Crippen molar-refractivity contribution in [2.75, 3.05) is 0 Å². The molecular weight excluding hydrogens is 288 g/mol. The quantitative estimate of drug-likeness (QED) is 0.382. The van der Waals surface area contributed by atoms with Crippen LogP contribution in [0.15, 0.2) is 84.9 Å². The summed E-state index contributed by atoms with van der Waals surface area (Å²) < 4.78 is 0. The molecule has 0 unspecified atom stereocenters. The number of fused-ring (bicyclic) bond motifs is 1. The summed E-state index contributed by atoms with van der Waals surface area (Å²) in [4.78, 5) is 0. The molecule has 0 heterocycles. The van der Waals surface area contributed by atoms with E-state index in [9.17, 15) is 0 Å². The first kappa shape index (κ1) is 14.7. The normalized spacial score (nSPS) is 10.9. The van der Waals surface area contributed by atoms with E-state index in [-0.39, 0.29) is 0 Å². The summed E-state index contributed by atoms with van der Waals surface area (Å²) in [6, 6.07) is 30.4. The molecule has 4 aromatic carbocycles. The van der Waals surface area contributed by atoms with Gasteiger partial charge in [-0.1, -0.05) is 84.9 Å². The van der Waals surface area contributed by atoms with Gasteiger partial charge < -0.3 is 0 Å². The first-order valence-electron chi connectivity index (χ1n) is 8.39. The van der Waals surface area contributed by atoms with Crippen LogP contribution in [0.2, 0.25) is 0 Å². The molecule has 0 saturated carbocycles. The Hall–Kier alpha value is -2.86. The lowest BCUT2D eigenvalue weighted by atomic mass is 9.87. The van der Waals surface area contributed by atoms with Crippen LogP contribution in [0.5, 0.6) is 0 Å². The number of aryl methyl sites for hydroxylation is 1. The highest BCUT2D eigenvalue weighted by molar-refractivity contribution is 6.04. The standard InChI is InChI=1S/C24H20/c1-17-9-8-14-21(18(17)2)23-16-15-19-10-6-7-13-22(19)24(23)20-11-4-3-5-12-20/h3-16H,1-2H3. The zero-order valence-electron chi connectivity index (χ0n) is 14.1. The Labute approximate surface area is 143 Å². The van der Waals surface area contributed by atoms with Crippen molar-refractivity contribution in [2.45, 2.75) is 13.8 Å². The molecule has 0 aromatic heterocycles. The van der Waals surface area contributed by atoms with Gasteiger partial charge in [-0.15, -0.1) is 0 Å². The molecule has 0 aliphatic rings. The van der Waals surface area contributed by atoms with Gasteiger partial charge >= 0.3 is 0 Å². The van der Waals surface area contributed by atoms with Crippen molar-refractivity contribution >= 4 is 10.8 Å². The Morgan fingerprint density at radius 1 is 0.542 bits per heavy atom. The third kappa shape index (κ3) is 2.41. The summed E-state index contributed by atoms with van der Waals surface area (Å²) in [6.45, 7) is 4.40. The average Bonchev–Trinajstić information content (AvgIpc) is 2.64. The second-order valence-electron chi connectivity index (χ2n) is 6.32. The number of rotatable bonds is 2. The first-order valence-corrected chi connectivity index (χ1v) is 8.39. The molecule has 4 rings (SSSR count). The van der Waals surface area contributed by atoms with Crippen LogP contribution in [-0.2, 0) is 0 Å². The molecule has 0 atom stereocenters.